The number of halogens is 2. The van der Waals surface area contributed by atoms with Gasteiger partial charge in [-0.05, 0) is 36.1 Å². The summed E-state index contributed by atoms with van der Waals surface area (Å²) in [6.45, 7) is 4.73. The van der Waals surface area contributed by atoms with Gasteiger partial charge in [0.2, 0.25) is 5.91 Å². The minimum atomic E-state index is -0.427. The van der Waals surface area contributed by atoms with E-state index in [1.807, 2.05) is 30.5 Å². The molecule has 0 aliphatic rings. The maximum absolute atomic E-state index is 11.9. The molecular weight excluding hydrogens is 327 g/mol. The molecule has 0 aliphatic heterocycles. The maximum atomic E-state index is 11.9. The second-order valence-corrected chi connectivity index (χ2v) is 6.92. The summed E-state index contributed by atoms with van der Waals surface area (Å²) in [6, 6.07) is 7.28. The Labute approximate surface area is 142 Å². The number of hydrogen-bond donors (Lipinski definition) is 2. The molecule has 21 heavy (non-hydrogen) atoms. The summed E-state index contributed by atoms with van der Waals surface area (Å²) < 4.78 is 0. The Morgan fingerprint density at radius 3 is 2.48 bits per heavy atom. The molecule has 6 heteroatoms. The van der Waals surface area contributed by atoms with E-state index in [4.69, 9.17) is 17.3 Å². The molecule has 1 aromatic carbocycles. The fraction of sp³-hybridized carbons (Fsp3) is 0.533. The Morgan fingerprint density at radius 2 is 1.95 bits per heavy atom. The number of benzene rings is 1. The molecule has 120 valence electrons. The number of carbonyl (C=O) groups excluding carboxylic acids is 1. The standard InChI is InChI=1S/C15H23ClN2OS.ClH/c1-15(2,11-4-6-12(16)7-5-11)10-18-14(19)13(17)8-9-20-3;/h4-7,13H,8-10,17H2,1-3H3,(H,18,19);1H/t13-;/m0./s1. The van der Waals surface area contributed by atoms with Crippen molar-refractivity contribution in [1.29, 1.82) is 0 Å². The summed E-state index contributed by atoms with van der Waals surface area (Å²) in [4.78, 5) is 11.9. The van der Waals surface area contributed by atoms with E-state index in [9.17, 15) is 4.79 Å². The van der Waals surface area contributed by atoms with Crippen LogP contribution in [0.1, 0.15) is 25.8 Å². The van der Waals surface area contributed by atoms with Crippen LogP contribution in [-0.2, 0) is 10.2 Å². The highest BCUT2D eigenvalue weighted by molar-refractivity contribution is 7.98. The zero-order chi connectivity index (χ0) is 15.2. The van der Waals surface area contributed by atoms with Gasteiger partial charge >= 0.3 is 0 Å². The largest absolute Gasteiger partial charge is 0.354 e. The molecule has 1 aromatic rings. The van der Waals surface area contributed by atoms with Crippen LogP contribution in [0.3, 0.4) is 0 Å². The summed E-state index contributed by atoms with van der Waals surface area (Å²) >= 11 is 7.59. The van der Waals surface area contributed by atoms with Gasteiger partial charge in [0.05, 0.1) is 6.04 Å². The normalized spacial score (nSPS) is 12.4. The van der Waals surface area contributed by atoms with E-state index in [0.29, 0.717) is 18.0 Å². The van der Waals surface area contributed by atoms with Crippen molar-refractivity contribution < 1.29 is 4.79 Å². The molecule has 0 spiro atoms. The Kier molecular flexibility index (Phi) is 9.38. The van der Waals surface area contributed by atoms with Crippen molar-refractivity contribution in [3.63, 3.8) is 0 Å². The lowest BCUT2D eigenvalue weighted by molar-refractivity contribution is -0.122. The van der Waals surface area contributed by atoms with Crippen molar-refractivity contribution >= 4 is 41.7 Å². The van der Waals surface area contributed by atoms with E-state index in [0.717, 1.165) is 11.3 Å². The monoisotopic (exact) mass is 350 g/mol. The molecule has 0 saturated heterocycles. The quantitative estimate of drug-likeness (QED) is 0.793. The third-order valence-electron chi connectivity index (χ3n) is 3.30. The molecule has 0 saturated carbocycles. The summed E-state index contributed by atoms with van der Waals surface area (Å²) in [6.07, 6.45) is 2.71. The fourth-order valence-corrected chi connectivity index (χ4v) is 2.43. The molecule has 0 fully saturated rings. The van der Waals surface area contributed by atoms with E-state index < -0.39 is 6.04 Å². The Balaban J connectivity index is 0.00000400. The molecule has 1 rings (SSSR count). The third kappa shape index (κ3) is 6.92. The van der Waals surface area contributed by atoms with E-state index in [1.165, 1.54) is 0 Å². The molecular formula is C15H24Cl2N2OS. The maximum Gasteiger partial charge on any atom is 0.236 e. The van der Waals surface area contributed by atoms with E-state index >= 15 is 0 Å². The lowest BCUT2D eigenvalue weighted by atomic mass is 9.84. The van der Waals surface area contributed by atoms with Gasteiger partial charge in [-0.3, -0.25) is 4.79 Å². The van der Waals surface area contributed by atoms with Gasteiger partial charge in [0.1, 0.15) is 0 Å². The van der Waals surface area contributed by atoms with Crippen molar-refractivity contribution in [2.75, 3.05) is 18.6 Å². The SMILES string of the molecule is CSCC[C@H](N)C(=O)NCC(C)(C)c1ccc(Cl)cc1.Cl. The van der Waals surface area contributed by atoms with Gasteiger partial charge in [0.15, 0.2) is 0 Å². The molecule has 0 aromatic heterocycles. The smallest absolute Gasteiger partial charge is 0.236 e. The number of nitrogens with one attached hydrogen (secondary N) is 1. The van der Waals surface area contributed by atoms with Crippen molar-refractivity contribution in [2.45, 2.75) is 31.7 Å². The number of nitrogens with two attached hydrogens (primary N) is 1. The van der Waals surface area contributed by atoms with Crippen LogP contribution in [0.15, 0.2) is 24.3 Å². The highest BCUT2D eigenvalue weighted by Gasteiger charge is 2.22. The van der Waals surface area contributed by atoms with Crippen molar-refractivity contribution in [3.05, 3.63) is 34.9 Å². The minimum Gasteiger partial charge on any atom is -0.354 e. The highest BCUT2D eigenvalue weighted by atomic mass is 35.5. The van der Waals surface area contributed by atoms with Crippen LogP contribution in [-0.4, -0.2) is 30.5 Å². The second-order valence-electron chi connectivity index (χ2n) is 5.50. The summed E-state index contributed by atoms with van der Waals surface area (Å²) in [5, 5.41) is 3.65. The zero-order valence-corrected chi connectivity index (χ0v) is 15.1. The van der Waals surface area contributed by atoms with Crippen LogP contribution in [0.2, 0.25) is 5.02 Å². The van der Waals surface area contributed by atoms with Gasteiger partial charge < -0.3 is 11.1 Å². The van der Waals surface area contributed by atoms with E-state index in [-0.39, 0.29) is 23.7 Å². The van der Waals surface area contributed by atoms with Gasteiger partial charge in [-0.2, -0.15) is 11.8 Å². The van der Waals surface area contributed by atoms with E-state index in [2.05, 4.69) is 19.2 Å². The van der Waals surface area contributed by atoms with Gasteiger partial charge in [0, 0.05) is 17.0 Å². The first-order valence-corrected chi connectivity index (χ1v) is 8.42. The molecule has 0 radical (unpaired) electrons. The van der Waals surface area contributed by atoms with Crippen molar-refractivity contribution in [3.8, 4) is 0 Å². The van der Waals surface area contributed by atoms with Crippen LogP contribution >= 0.6 is 35.8 Å². The lowest BCUT2D eigenvalue weighted by Crippen LogP contribution is -2.45. The molecule has 0 unspecified atom stereocenters. The third-order valence-corrected chi connectivity index (χ3v) is 4.20. The van der Waals surface area contributed by atoms with E-state index in [1.54, 1.807) is 11.8 Å². The molecule has 0 bridgehead atoms. The highest BCUT2D eigenvalue weighted by Crippen LogP contribution is 2.23. The molecule has 3 N–H and O–H groups in total. The van der Waals surface area contributed by atoms with Gasteiger partial charge in [-0.15, -0.1) is 12.4 Å². The van der Waals surface area contributed by atoms with Crippen LogP contribution < -0.4 is 11.1 Å². The predicted octanol–water partition coefficient (Wildman–Crippen LogP) is 3.24. The zero-order valence-electron chi connectivity index (χ0n) is 12.7. The molecule has 3 nitrogen and oxygen atoms in total. The van der Waals surface area contributed by atoms with Crippen molar-refractivity contribution in [2.24, 2.45) is 5.73 Å². The van der Waals surface area contributed by atoms with Gasteiger partial charge in [-0.1, -0.05) is 37.6 Å². The average Bonchev–Trinajstić information content (AvgIpc) is 2.42. The summed E-state index contributed by atoms with van der Waals surface area (Å²) in [7, 11) is 0. The first-order valence-electron chi connectivity index (χ1n) is 6.65. The second kappa shape index (κ2) is 9.57. The van der Waals surface area contributed by atoms with Crippen LogP contribution in [0, 0.1) is 0 Å². The molecule has 0 heterocycles. The Bertz CT molecular complexity index is 438. The van der Waals surface area contributed by atoms with Crippen LogP contribution in [0.5, 0.6) is 0 Å². The molecule has 0 aliphatic carbocycles. The number of carbonyl (C=O) groups is 1. The van der Waals surface area contributed by atoms with Crippen molar-refractivity contribution in [1.82, 2.24) is 5.32 Å². The first-order chi connectivity index (χ1) is 9.36. The number of rotatable bonds is 7. The summed E-state index contributed by atoms with van der Waals surface area (Å²) in [5.41, 5.74) is 6.83. The van der Waals surface area contributed by atoms with Crippen LogP contribution in [0.25, 0.3) is 0 Å². The summed E-state index contributed by atoms with van der Waals surface area (Å²) in [5.74, 6) is 0.816. The first kappa shape index (κ1) is 20.6. The van der Waals surface area contributed by atoms with Crippen LogP contribution in [0.4, 0.5) is 0 Å². The van der Waals surface area contributed by atoms with Gasteiger partial charge in [0.25, 0.3) is 0 Å². The number of hydrogen-bond acceptors (Lipinski definition) is 3. The Morgan fingerprint density at radius 1 is 1.38 bits per heavy atom. The average molecular weight is 351 g/mol. The Hall–Kier alpha value is -0.420. The predicted molar refractivity (Wildman–Crippen MR) is 95.7 cm³/mol. The number of amides is 1. The molecule has 1 amide bonds. The lowest BCUT2D eigenvalue weighted by Gasteiger charge is -2.26. The minimum absolute atomic E-state index is 0. The van der Waals surface area contributed by atoms with Gasteiger partial charge in [-0.25, -0.2) is 0 Å². The fourth-order valence-electron chi connectivity index (χ4n) is 1.82. The topological polar surface area (TPSA) is 55.1 Å². The number of thioether (sulfide) groups is 1. The molecule has 1 atom stereocenters.